The van der Waals surface area contributed by atoms with E-state index in [9.17, 15) is 9.59 Å². The number of hydrogen-bond acceptors (Lipinski definition) is 2. The fraction of sp³-hybridized carbons (Fsp3) is 0.800. The molecule has 0 aromatic heterocycles. The molecule has 82 valence electrons. The normalized spacial score (nSPS) is 14.5. The first-order valence-corrected chi connectivity index (χ1v) is 5.02. The van der Waals surface area contributed by atoms with E-state index in [4.69, 9.17) is 5.11 Å². The van der Waals surface area contributed by atoms with Gasteiger partial charge in [0.2, 0.25) is 6.41 Å². The molecule has 0 radical (unpaired) electrons. The summed E-state index contributed by atoms with van der Waals surface area (Å²) in [5.41, 5.74) is 0. The number of carbonyl (C=O) groups excluding carboxylic acids is 1. The first kappa shape index (κ1) is 12.9. The predicted octanol–water partition coefficient (Wildman–Crippen LogP) is 1.35. The van der Waals surface area contributed by atoms with Gasteiger partial charge in [-0.05, 0) is 12.3 Å². The molecule has 0 fully saturated rings. The predicted molar refractivity (Wildman–Crippen MR) is 53.9 cm³/mol. The molecule has 4 nitrogen and oxygen atoms in total. The minimum absolute atomic E-state index is 0.00995. The Morgan fingerprint density at radius 3 is 2.36 bits per heavy atom. The number of carboxylic acid groups (broad SMARTS) is 1. The highest BCUT2D eigenvalue weighted by molar-refractivity contribution is 5.76. The SMILES string of the molecule is CCCN(C=O)C(C(=O)O)C(C)CC. The summed E-state index contributed by atoms with van der Waals surface area (Å²) in [6, 6.07) is -0.683. The van der Waals surface area contributed by atoms with Crippen LogP contribution >= 0.6 is 0 Å². The lowest BCUT2D eigenvalue weighted by Gasteiger charge is -2.28. The molecule has 2 atom stereocenters. The monoisotopic (exact) mass is 201 g/mol. The van der Waals surface area contributed by atoms with Gasteiger partial charge in [0.25, 0.3) is 0 Å². The lowest BCUT2D eigenvalue weighted by molar-refractivity contribution is -0.148. The zero-order chi connectivity index (χ0) is 11.1. The van der Waals surface area contributed by atoms with Crippen molar-refractivity contribution in [3.63, 3.8) is 0 Å². The summed E-state index contributed by atoms with van der Waals surface area (Å²) in [7, 11) is 0. The van der Waals surface area contributed by atoms with Crippen LogP contribution in [0.25, 0.3) is 0 Å². The van der Waals surface area contributed by atoms with Crippen molar-refractivity contribution >= 4 is 12.4 Å². The second-order valence-corrected chi connectivity index (χ2v) is 3.51. The Labute approximate surface area is 84.9 Å². The molecule has 0 saturated carbocycles. The minimum Gasteiger partial charge on any atom is -0.480 e. The van der Waals surface area contributed by atoms with Gasteiger partial charge in [-0.25, -0.2) is 4.79 Å². The summed E-state index contributed by atoms with van der Waals surface area (Å²) in [6.45, 7) is 6.21. The van der Waals surface area contributed by atoms with Crippen LogP contribution in [0.2, 0.25) is 0 Å². The van der Waals surface area contributed by atoms with E-state index in [1.807, 2.05) is 20.8 Å². The molecular formula is C10H19NO3. The van der Waals surface area contributed by atoms with Crippen LogP contribution in [0.1, 0.15) is 33.6 Å². The van der Waals surface area contributed by atoms with Crippen molar-refractivity contribution in [3.05, 3.63) is 0 Å². The molecule has 1 N–H and O–H groups in total. The van der Waals surface area contributed by atoms with Gasteiger partial charge >= 0.3 is 5.97 Å². The zero-order valence-electron chi connectivity index (χ0n) is 9.06. The van der Waals surface area contributed by atoms with E-state index in [0.29, 0.717) is 13.0 Å². The average Bonchev–Trinajstić information content (AvgIpc) is 2.16. The molecule has 0 heterocycles. The van der Waals surface area contributed by atoms with E-state index in [2.05, 4.69) is 0 Å². The van der Waals surface area contributed by atoms with Crippen LogP contribution in [-0.4, -0.2) is 35.0 Å². The van der Waals surface area contributed by atoms with Crippen molar-refractivity contribution in [1.82, 2.24) is 4.90 Å². The number of carbonyl (C=O) groups is 2. The molecular weight excluding hydrogens is 182 g/mol. The Bertz CT molecular complexity index is 194. The third kappa shape index (κ3) is 3.36. The highest BCUT2D eigenvalue weighted by Gasteiger charge is 2.28. The van der Waals surface area contributed by atoms with E-state index >= 15 is 0 Å². The number of amides is 1. The Hall–Kier alpha value is -1.06. The number of rotatable bonds is 7. The van der Waals surface area contributed by atoms with E-state index in [1.165, 1.54) is 4.90 Å². The van der Waals surface area contributed by atoms with Gasteiger partial charge in [-0.3, -0.25) is 4.79 Å². The van der Waals surface area contributed by atoms with Crippen LogP contribution in [0.3, 0.4) is 0 Å². The molecule has 1 amide bonds. The molecule has 0 aliphatic heterocycles. The maximum atomic E-state index is 11.0. The summed E-state index contributed by atoms with van der Waals surface area (Å²) >= 11 is 0. The van der Waals surface area contributed by atoms with Gasteiger partial charge in [0.1, 0.15) is 6.04 Å². The maximum Gasteiger partial charge on any atom is 0.326 e. The third-order valence-electron chi connectivity index (χ3n) is 2.41. The van der Waals surface area contributed by atoms with Crippen molar-refractivity contribution in [3.8, 4) is 0 Å². The molecule has 0 aliphatic rings. The fourth-order valence-electron chi connectivity index (χ4n) is 1.45. The summed E-state index contributed by atoms with van der Waals surface area (Å²) < 4.78 is 0. The highest BCUT2D eigenvalue weighted by Crippen LogP contribution is 2.14. The van der Waals surface area contributed by atoms with Crippen LogP contribution in [-0.2, 0) is 9.59 Å². The number of nitrogens with zero attached hydrogens (tertiary/aromatic N) is 1. The Balaban J connectivity index is 4.59. The number of hydrogen-bond donors (Lipinski definition) is 1. The van der Waals surface area contributed by atoms with Gasteiger partial charge in [-0.2, -0.15) is 0 Å². The van der Waals surface area contributed by atoms with Crippen molar-refractivity contribution in [2.75, 3.05) is 6.54 Å². The van der Waals surface area contributed by atoms with E-state index in [1.54, 1.807) is 0 Å². The van der Waals surface area contributed by atoms with Gasteiger partial charge in [-0.1, -0.05) is 27.2 Å². The quantitative estimate of drug-likeness (QED) is 0.633. The number of carboxylic acids is 1. The van der Waals surface area contributed by atoms with E-state index in [-0.39, 0.29) is 5.92 Å². The Morgan fingerprint density at radius 1 is 1.50 bits per heavy atom. The standard InChI is InChI=1S/C10H19NO3/c1-4-6-11(7-12)9(10(13)14)8(3)5-2/h7-9H,4-6H2,1-3H3,(H,13,14). The molecule has 4 heteroatoms. The van der Waals surface area contributed by atoms with Gasteiger partial charge in [0.15, 0.2) is 0 Å². The summed E-state index contributed by atoms with van der Waals surface area (Å²) in [5.74, 6) is -0.927. The molecule has 0 rings (SSSR count). The molecule has 0 bridgehead atoms. The van der Waals surface area contributed by atoms with Gasteiger partial charge < -0.3 is 10.0 Å². The van der Waals surface area contributed by atoms with Gasteiger partial charge in [-0.15, -0.1) is 0 Å². The second-order valence-electron chi connectivity index (χ2n) is 3.51. The summed E-state index contributed by atoms with van der Waals surface area (Å²) in [4.78, 5) is 23.1. The first-order valence-electron chi connectivity index (χ1n) is 5.02. The van der Waals surface area contributed by atoms with Crippen LogP contribution in [0, 0.1) is 5.92 Å². The summed E-state index contributed by atoms with van der Waals surface area (Å²) in [5, 5.41) is 9.00. The number of aliphatic carboxylic acids is 1. The van der Waals surface area contributed by atoms with Crippen molar-refractivity contribution in [2.45, 2.75) is 39.7 Å². The fourth-order valence-corrected chi connectivity index (χ4v) is 1.45. The Morgan fingerprint density at radius 2 is 2.07 bits per heavy atom. The van der Waals surface area contributed by atoms with Crippen molar-refractivity contribution < 1.29 is 14.7 Å². The lowest BCUT2D eigenvalue weighted by atomic mass is 9.98. The van der Waals surface area contributed by atoms with E-state index < -0.39 is 12.0 Å². The average molecular weight is 201 g/mol. The van der Waals surface area contributed by atoms with Crippen LogP contribution in [0.15, 0.2) is 0 Å². The van der Waals surface area contributed by atoms with Crippen LogP contribution < -0.4 is 0 Å². The maximum absolute atomic E-state index is 11.0. The largest absolute Gasteiger partial charge is 0.480 e. The van der Waals surface area contributed by atoms with Crippen molar-refractivity contribution in [2.24, 2.45) is 5.92 Å². The highest BCUT2D eigenvalue weighted by atomic mass is 16.4. The topological polar surface area (TPSA) is 57.6 Å². The molecule has 0 aromatic carbocycles. The van der Waals surface area contributed by atoms with Crippen LogP contribution in [0.4, 0.5) is 0 Å². The lowest BCUT2D eigenvalue weighted by Crippen LogP contribution is -2.45. The minimum atomic E-state index is -0.917. The summed E-state index contributed by atoms with van der Waals surface area (Å²) in [6.07, 6.45) is 2.17. The van der Waals surface area contributed by atoms with Crippen molar-refractivity contribution in [1.29, 1.82) is 0 Å². The Kier molecular flexibility index (Phi) is 5.92. The second kappa shape index (κ2) is 6.40. The van der Waals surface area contributed by atoms with Gasteiger partial charge in [0, 0.05) is 6.54 Å². The molecule has 0 spiro atoms. The zero-order valence-corrected chi connectivity index (χ0v) is 9.06. The smallest absolute Gasteiger partial charge is 0.326 e. The third-order valence-corrected chi connectivity index (χ3v) is 2.41. The van der Waals surface area contributed by atoms with Gasteiger partial charge in [0.05, 0.1) is 0 Å². The molecule has 14 heavy (non-hydrogen) atoms. The molecule has 0 aromatic rings. The van der Waals surface area contributed by atoms with Crippen LogP contribution in [0.5, 0.6) is 0 Å². The van der Waals surface area contributed by atoms with E-state index in [0.717, 1.165) is 12.8 Å². The first-order chi connectivity index (χ1) is 6.58. The molecule has 0 saturated heterocycles. The molecule has 0 aliphatic carbocycles. The molecule has 2 unspecified atom stereocenters.